The summed E-state index contributed by atoms with van der Waals surface area (Å²) in [7, 11) is 0. The van der Waals surface area contributed by atoms with Crippen molar-refractivity contribution in [2.24, 2.45) is 11.5 Å². The highest BCUT2D eigenvalue weighted by Crippen LogP contribution is 2.15. The average molecular weight is 449 g/mol. The molecule has 4 amide bonds. The Balaban J connectivity index is 5.91. The van der Waals surface area contributed by atoms with Gasteiger partial charge in [0.05, 0.1) is 18.0 Å². The number of carbonyl (C=O) groups is 5. The van der Waals surface area contributed by atoms with Gasteiger partial charge in [-0.25, -0.2) is 4.79 Å². The summed E-state index contributed by atoms with van der Waals surface area (Å²) in [5, 5.41) is 11.4. The molecule has 0 heterocycles. The van der Waals surface area contributed by atoms with Crippen LogP contribution >= 0.6 is 11.8 Å². The van der Waals surface area contributed by atoms with Crippen LogP contribution in [0.25, 0.3) is 0 Å². The van der Waals surface area contributed by atoms with Gasteiger partial charge in [0, 0.05) is 0 Å². The molecule has 0 aliphatic rings. The standard InChI is InChI=1S/C18H32N4O7S/c1-17(2,3)29-16(28)22(15(27)18(4,5)20)14(26)11(9-12(23)24)21-13(25)10(19)7-8-30-6/h10-11H,7-9,19-20H2,1-6H3,(H,21,25)(H,23,24)/t10-,11-/m0/s1. The smallest absolute Gasteiger partial charge is 0.424 e. The van der Waals surface area contributed by atoms with E-state index in [1.54, 1.807) is 0 Å². The lowest BCUT2D eigenvalue weighted by atomic mass is 10.0. The summed E-state index contributed by atoms with van der Waals surface area (Å²) in [6.45, 7) is 7.10. The molecule has 0 saturated carbocycles. The van der Waals surface area contributed by atoms with Crippen LogP contribution in [0.1, 0.15) is 47.5 Å². The molecule has 2 atom stereocenters. The van der Waals surface area contributed by atoms with Crippen molar-refractivity contribution < 1.29 is 33.8 Å². The topological polar surface area (TPSA) is 182 Å². The Labute approximate surface area is 180 Å². The van der Waals surface area contributed by atoms with Gasteiger partial charge in [-0.15, -0.1) is 0 Å². The minimum absolute atomic E-state index is 0.132. The molecule has 0 fully saturated rings. The Morgan fingerprint density at radius 2 is 1.67 bits per heavy atom. The van der Waals surface area contributed by atoms with Crippen molar-refractivity contribution in [3.05, 3.63) is 0 Å². The third kappa shape index (κ3) is 9.55. The van der Waals surface area contributed by atoms with Crippen LogP contribution in [0.5, 0.6) is 0 Å². The molecule has 0 radical (unpaired) electrons. The molecule has 0 bridgehead atoms. The number of nitrogens with one attached hydrogen (secondary N) is 1. The largest absolute Gasteiger partial charge is 0.481 e. The summed E-state index contributed by atoms with van der Waals surface area (Å²) in [4.78, 5) is 61.9. The van der Waals surface area contributed by atoms with E-state index in [0.717, 1.165) is 0 Å². The monoisotopic (exact) mass is 448 g/mol. The van der Waals surface area contributed by atoms with E-state index in [4.69, 9.17) is 21.3 Å². The van der Waals surface area contributed by atoms with Crippen molar-refractivity contribution in [2.75, 3.05) is 12.0 Å². The molecular formula is C18H32N4O7S. The zero-order chi connectivity index (χ0) is 23.9. The van der Waals surface area contributed by atoms with Gasteiger partial charge in [-0.2, -0.15) is 16.7 Å². The Kier molecular flexibility index (Phi) is 10.5. The van der Waals surface area contributed by atoms with Gasteiger partial charge >= 0.3 is 12.1 Å². The number of rotatable bonds is 9. The van der Waals surface area contributed by atoms with Gasteiger partial charge in [-0.1, -0.05) is 0 Å². The highest BCUT2D eigenvalue weighted by Gasteiger charge is 2.43. The van der Waals surface area contributed by atoms with Gasteiger partial charge in [-0.3, -0.25) is 19.2 Å². The molecule has 12 heteroatoms. The molecule has 0 aliphatic carbocycles. The van der Waals surface area contributed by atoms with Crippen LogP contribution in [0.2, 0.25) is 0 Å². The fourth-order valence-electron chi connectivity index (χ4n) is 2.05. The Bertz CT molecular complexity index is 670. The van der Waals surface area contributed by atoms with Gasteiger partial charge in [0.1, 0.15) is 11.6 Å². The summed E-state index contributed by atoms with van der Waals surface area (Å²) < 4.78 is 5.10. The number of thioether (sulfide) groups is 1. The van der Waals surface area contributed by atoms with Crippen LogP contribution in [-0.4, -0.2) is 75.0 Å². The lowest BCUT2D eigenvalue weighted by Gasteiger charge is -2.31. The number of carbonyl (C=O) groups excluding carboxylic acids is 4. The minimum Gasteiger partial charge on any atom is -0.481 e. The maximum atomic E-state index is 13.0. The number of nitrogens with two attached hydrogens (primary N) is 2. The molecule has 0 unspecified atom stereocenters. The first-order chi connectivity index (χ1) is 13.5. The third-order valence-corrected chi connectivity index (χ3v) is 4.16. The fourth-order valence-corrected chi connectivity index (χ4v) is 2.54. The van der Waals surface area contributed by atoms with Crippen LogP contribution in [0.15, 0.2) is 0 Å². The second-order valence-electron chi connectivity index (χ2n) is 8.23. The second kappa shape index (κ2) is 11.3. The van der Waals surface area contributed by atoms with Crippen molar-refractivity contribution in [3.8, 4) is 0 Å². The molecule has 0 aromatic rings. The number of carboxylic acids is 1. The van der Waals surface area contributed by atoms with Crippen molar-refractivity contribution in [3.63, 3.8) is 0 Å². The molecule has 0 spiro atoms. The lowest BCUT2D eigenvalue weighted by molar-refractivity contribution is -0.151. The van der Waals surface area contributed by atoms with Crippen molar-refractivity contribution in [2.45, 2.75) is 70.7 Å². The molecule has 172 valence electrons. The number of hydrogen-bond acceptors (Lipinski definition) is 9. The molecule has 0 aromatic carbocycles. The summed E-state index contributed by atoms with van der Waals surface area (Å²) in [6, 6.07) is -2.73. The minimum atomic E-state index is -1.73. The van der Waals surface area contributed by atoms with E-state index in [1.807, 2.05) is 6.26 Å². The quantitative estimate of drug-likeness (QED) is 0.376. The third-order valence-electron chi connectivity index (χ3n) is 3.51. The average Bonchev–Trinajstić information content (AvgIpc) is 2.55. The number of carboxylic acid groups (broad SMARTS) is 1. The highest BCUT2D eigenvalue weighted by atomic mass is 32.2. The number of amides is 4. The van der Waals surface area contributed by atoms with Crippen LogP contribution in [0, 0.1) is 0 Å². The van der Waals surface area contributed by atoms with Crippen molar-refractivity contribution >= 4 is 41.5 Å². The van der Waals surface area contributed by atoms with E-state index in [2.05, 4.69) is 5.32 Å². The summed E-state index contributed by atoms with van der Waals surface area (Å²) in [6.07, 6.45) is -0.101. The van der Waals surface area contributed by atoms with Crippen LogP contribution in [0.4, 0.5) is 4.79 Å². The summed E-state index contributed by atoms with van der Waals surface area (Å²) in [5.41, 5.74) is 8.79. The Hall–Kier alpha value is -2.18. The van der Waals surface area contributed by atoms with E-state index >= 15 is 0 Å². The van der Waals surface area contributed by atoms with Gasteiger partial charge < -0.3 is 26.6 Å². The van der Waals surface area contributed by atoms with Crippen LogP contribution in [0.3, 0.4) is 0 Å². The second-order valence-corrected chi connectivity index (χ2v) is 9.21. The molecule has 30 heavy (non-hydrogen) atoms. The van der Waals surface area contributed by atoms with Crippen molar-refractivity contribution in [1.29, 1.82) is 0 Å². The zero-order valence-corrected chi connectivity index (χ0v) is 19.0. The normalized spacial score (nSPS) is 13.7. The van der Waals surface area contributed by atoms with E-state index in [-0.39, 0.29) is 11.3 Å². The lowest BCUT2D eigenvalue weighted by Crippen LogP contribution is -2.61. The number of ether oxygens (including phenoxy) is 1. The van der Waals surface area contributed by atoms with E-state index < -0.39 is 59.4 Å². The molecule has 0 aromatic heterocycles. The fraction of sp³-hybridized carbons (Fsp3) is 0.722. The number of hydrogen-bond donors (Lipinski definition) is 4. The van der Waals surface area contributed by atoms with E-state index in [1.165, 1.54) is 46.4 Å². The molecule has 11 nitrogen and oxygen atoms in total. The van der Waals surface area contributed by atoms with Gasteiger partial charge in [-0.05, 0) is 53.0 Å². The van der Waals surface area contributed by atoms with E-state index in [0.29, 0.717) is 5.75 Å². The highest BCUT2D eigenvalue weighted by molar-refractivity contribution is 7.98. The van der Waals surface area contributed by atoms with Crippen molar-refractivity contribution in [1.82, 2.24) is 10.2 Å². The van der Waals surface area contributed by atoms with Gasteiger partial charge in [0.2, 0.25) is 5.91 Å². The summed E-state index contributed by atoms with van der Waals surface area (Å²) >= 11 is 1.45. The Morgan fingerprint density at radius 1 is 1.13 bits per heavy atom. The number of aliphatic carboxylic acids is 1. The number of nitrogens with zero attached hydrogens (tertiary/aromatic N) is 1. The van der Waals surface area contributed by atoms with Gasteiger partial charge in [0.15, 0.2) is 0 Å². The molecular weight excluding hydrogens is 416 g/mol. The van der Waals surface area contributed by atoms with Crippen LogP contribution < -0.4 is 16.8 Å². The Morgan fingerprint density at radius 3 is 2.07 bits per heavy atom. The predicted octanol–water partition coefficient (Wildman–Crippen LogP) is 0.0539. The number of imide groups is 3. The summed E-state index contributed by atoms with van der Waals surface area (Å²) in [5.74, 6) is -4.04. The predicted molar refractivity (Wildman–Crippen MR) is 112 cm³/mol. The first kappa shape index (κ1) is 27.8. The van der Waals surface area contributed by atoms with Crippen LogP contribution in [-0.2, 0) is 23.9 Å². The maximum absolute atomic E-state index is 13.0. The molecule has 0 saturated heterocycles. The van der Waals surface area contributed by atoms with E-state index in [9.17, 15) is 24.0 Å². The zero-order valence-electron chi connectivity index (χ0n) is 18.2. The molecule has 0 aliphatic heterocycles. The molecule has 0 rings (SSSR count). The van der Waals surface area contributed by atoms with Gasteiger partial charge in [0.25, 0.3) is 11.8 Å². The molecule has 6 N–H and O–H groups in total. The maximum Gasteiger partial charge on any atom is 0.424 e. The SMILES string of the molecule is CSCC[C@H](N)C(=O)N[C@@H](CC(=O)O)C(=O)N(C(=O)OC(C)(C)C)C(=O)C(C)(C)N. The first-order valence-electron chi connectivity index (χ1n) is 9.18. The first-order valence-corrected chi connectivity index (χ1v) is 10.6.